The number of benzene rings is 1. The highest BCUT2D eigenvalue weighted by Crippen LogP contribution is 2.28. The highest BCUT2D eigenvalue weighted by Gasteiger charge is 2.18. The van der Waals surface area contributed by atoms with Gasteiger partial charge in [-0.2, -0.15) is 8.42 Å². The van der Waals surface area contributed by atoms with Crippen LogP contribution in [0.2, 0.25) is 0 Å². The van der Waals surface area contributed by atoms with Gasteiger partial charge in [-0.05, 0) is 25.1 Å². The molecule has 0 aliphatic heterocycles. The molecule has 0 radical (unpaired) electrons. The predicted molar refractivity (Wildman–Crippen MR) is 68.6 cm³/mol. The summed E-state index contributed by atoms with van der Waals surface area (Å²) in [4.78, 5) is 4.16. The van der Waals surface area contributed by atoms with E-state index in [2.05, 4.69) is 9.17 Å². The number of aryl methyl sites for hydroxylation is 1. The summed E-state index contributed by atoms with van der Waals surface area (Å²) >= 11 is 0. The summed E-state index contributed by atoms with van der Waals surface area (Å²) in [7, 11) is -2.57. The van der Waals surface area contributed by atoms with Crippen molar-refractivity contribution in [3.63, 3.8) is 0 Å². The summed E-state index contributed by atoms with van der Waals surface area (Å²) in [5.41, 5.74) is 2.32. The highest BCUT2D eigenvalue weighted by atomic mass is 32.2. The fourth-order valence-electron chi connectivity index (χ4n) is 1.70. The summed E-state index contributed by atoms with van der Waals surface area (Å²) in [5.74, 6) is 0. The number of rotatable bonds is 3. The molecular weight excluding hydrogens is 250 g/mol. The van der Waals surface area contributed by atoms with Crippen LogP contribution in [0, 0.1) is 6.92 Å². The third-order valence-electron chi connectivity index (χ3n) is 2.60. The van der Waals surface area contributed by atoms with Crippen molar-refractivity contribution in [1.29, 1.82) is 0 Å². The molecule has 1 heterocycles. The lowest BCUT2D eigenvalue weighted by molar-refractivity contribution is 0.398. The molecule has 1 aromatic heterocycles. The maximum Gasteiger partial charge on any atom is 0.297 e. The Balaban J connectivity index is 2.70. The molecule has 0 aliphatic rings. The van der Waals surface area contributed by atoms with Gasteiger partial charge in [-0.1, -0.05) is 17.7 Å². The van der Waals surface area contributed by atoms with Gasteiger partial charge >= 0.3 is 0 Å². The topological polar surface area (TPSA) is 56.3 Å². The summed E-state index contributed by atoms with van der Waals surface area (Å²) in [5, 5.41) is 0. The Hall–Kier alpha value is -1.72. The monoisotopic (exact) mass is 263 g/mol. The largest absolute Gasteiger partial charge is 0.297 e. The molecular formula is C13H13NO3S. The molecule has 0 fully saturated rings. The third kappa shape index (κ3) is 2.42. The van der Waals surface area contributed by atoms with Gasteiger partial charge in [0.15, 0.2) is 0 Å². The lowest BCUT2D eigenvalue weighted by Crippen LogP contribution is -2.05. The SMILES string of the molecule is COS(=O)(=O)c1ccc(C)cc1-c1cccnc1. The van der Waals surface area contributed by atoms with Crippen molar-refractivity contribution in [2.45, 2.75) is 11.8 Å². The molecule has 4 nitrogen and oxygen atoms in total. The van der Waals surface area contributed by atoms with Crippen LogP contribution in [0.4, 0.5) is 0 Å². The highest BCUT2D eigenvalue weighted by molar-refractivity contribution is 7.86. The second-order valence-corrected chi connectivity index (χ2v) is 5.54. The quantitative estimate of drug-likeness (QED) is 0.798. The molecule has 2 aromatic rings. The first-order valence-electron chi connectivity index (χ1n) is 5.36. The van der Waals surface area contributed by atoms with E-state index in [9.17, 15) is 8.42 Å². The third-order valence-corrected chi connectivity index (χ3v) is 3.93. The van der Waals surface area contributed by atoms with Crippen LogP contribution in [0.5, 0.6) is 0 Å². The lowest BCUT2D eigenvalue weighted by Gasteiger charge is -2.09. The average Bonchev–Trinajstić information content (AvgIpc) is 2.39. The lowest BCUT2D eigenvalue weighted by atomic mass is 10.1. The molecule has 5 heteroatoms. The Bertz CT molecular complexity index is 651. The Morgan fingerprint density at radius 1 is 1.22 bits per heavy atom. The van der Waals surface area contributed by atoms with E-state index in [4.69, 9.17) is 0 Å². The molecule has 0 bridgehead atoms. The second kappa shape index (κ2) is 4.88. The zero-order valence-corrected chi connectivity index (χ0v) is 10.9. The Morgan fingerprint density at radius 3 is 2.61 bits per heavy atom. The van der Waals surface area contributed by atoms with Crippen LogP contribution in [0.3, 0.4) is 0 Å². The van der Waals surface area contributed by atoms with Crippen LogP contribution >= 0.6 is 0 Å². The van der Waals surface area contributed by atoms with Gasteiger partial charge in [0.2, 0.25) is 0 Å². The zero-order valence-electron chi connectivity index (χ0n) is 10.1. The standard InChI is InChI=1S/C13H13NO3S/c1-10-5-6-13(18(15,16)17-2)12(8-10)11-4-3-7-14-9-11/h3-9H,1-2H3. The Morgan fingerprint density at radius 2 is 2.00 bits per heavy atom. The van der Waals surface area contributed by atoms with Crippen molar-refractivity contribution in [3.05, 3.63) is 48.3 Å². The number of hydrogen-bond acceptors (Lipinski definition) is 4. The van der Waals surface area contributed by atoms with E-state index < -0.39 is 10.1 Å². The Kier molecular flexibility index (Phi) is 3.45. The van der Waals surface area contributed by atoms with Gasteiger partial charge < -0.3 is 0 Å². The van der Waals surface area contributed by atoms with Crippen LogP contribution in [-0.2, 0) is 14.3 Å². The molecule has 1 aromatic carbocycles. The fourth-order valence-corrected chi connectivity index (χ4v) is 2.56. The molecule has 0 unspecified atom stereocenters. The van der Waals surface area contributed by atoms with E-state index >= 15 is 0 Å². The molecule has 18 heavy (non-hydrogen) atoms. The van der Waals surface area contributed by atoms with Crippen LogP contribution in [0.1, 0.15) is 5.56 Å². The van der Waals surface area contributed by atoms with E-state index in [-0.39, 0.29) is 4.90 Å². The first-order chi connectivity index (χ1) is 8.54. The molecule has 2 rings (SSSR count). The maximum atomic E-state index is 11.9. The minimum absolute atomic E-state index is 0.156. The number of aromatic nitrogens is 1. The van der Waals surface area contributed by atoms with Crippen LogP contribution in [0.15, 0.2) is 47.6 Å². The fraction of sp³-hybridized carbons (Fsp3) is 0.154. The molecule has 94 valence electrons. The van der Waals surface area contributed by atoms with Gasteiger partial charge in [0.25, 0.3) is 10.1 Å². The minimum Gasteiger partial charge on any atom is -0.270 e. The van der Waals surface area contributed by atoms with Gasteiger partial charge in [0, 0.05) is 23.5 Å². The van der Waals surface area contributed by atoms with E-state index in [1.54, 1.807) is 30.6 Å². The molecule has 0 spiro atoms. The van der Waals surface area contributed by atoms with Crippen molar-refractivity contribution in [3.8, 4) is 11.1 Å². The van der Waals surface area contributed by atoms with E-state index in [0.29, 0.717) is 5.56 Å². The van der Waals surface area contributed by atoms with Crippen molar-refractivity contribution in [1.82, 2.24) is 4.98 Å². The number of pyridine rings is 1. The summed E-state index contributed by atoms with van der Waals surface area (Å²) in [6.07, 6.45) is 3.27. The summed E-state index contributed by atoms with van der Waals surface area (Å²) < 4.78 is 28.3. The van der Waals surface area contributed by atoms with Crippen LogP contribution in [-0.4, -0.2) is 20.5 Å². The second-order valence-electron chi connectivity index (χ2n) is 3.86. The van der Waals surface area contributed by atoms with Crippen LogP contribution in [0.25, 0.3) is 11.1 Å². The molecule has 0 amide bonds. The molecule has 0 saturated carbocycles. The smallest absolute Gasteiger partial charge is 0.270 e. The van der Waals surface area contributed by atoms with Crippen LogP contribution < -0.4 is 0 Å². The Labute approximate surface area is 106 Å². The minimum atomic E-state index is -3.72. The van der Waals surface area contributed by atoms with Gasteiger partial charge in [0.1, 0.15) is 4.90 Å². The van der Waals surface area contributed by atoms with Gasteiger partial charge in [0.05, 0.1) is 7.11 Å². The maximum absolute atomic E-state index is 11.9. The predicted octanol–water partition coefficient (Wildman–Crippen LogP) is 2.39. The van der Waals surface area contributed by atoms with E-state index in [1.807, 2.05) is 19.1 Å². The van der Waals surface area contributed by atoms with Crippen molar-refractivity contribution < 1.29 is 12.6 Å². The molecule has 0 N–H and O–H groups in total. The zero-order chi connectivity index (χ0) is 13.2. The number of nitrogens with zero attached hydrogens (tertiary/aromatic N) is 1. The van der Waals surface area contributed by atoms with Gasteiger partial charge in [-0.3, -0.25) is 9.17 Å². The molecule has 0 atom stereocenters. The van der Waals surface area contributed by atoms with Crippen molar-refractivity contribution >= 4 is 10.1 Å². The van der Waals surface area contributed by atoms with E-state index in [0.717, 1.165) is 18.2 Å². The molecule has 0 aliphatic carbocycles. The van der Waals surface area contributed by atoms with Crippen molar-refractivity contribution in [2.75, 3.05) is 7.11 Å². The van der Waals surface area contributed by atoms with Crippen molar-refractivity contribution in [2.24, 2.45) is 0 Å². The summed E-state index contributed by atoms with van der Waals surface area (Å²) in [6.45, 7) is 1.91. The average molecular weight is 263 g/mol. The van der Waals surface area contributed by atoms with Gasteiger partial charge in [-0.25, -0.2) is 0 Å². The first-order valence-corrected chi connectivity index (χ1v) is 6.77. The van der Waals surface area contributed by atoms with E-state index in [1.165, 1.54) is 0 Å². The summed E-state index contributed by atoms with van der Waals surface area (Å²) in [6, 6.07) is 8.68. The first kappa shape index (κ1) is 12.7. The molecule has 0 saturated heterocycles. The number of hydrogen-bond donors (Lipinski definition) is 0. The van der Waals surface area contributed by atoms with Gasteiger partial charge in [-0.15, -0.1) is 0 Å². The normalized spacial score (nSPS) is 11.4.